The first-order valence-electron chi connectivity index (χ1n) is 25.6. The molecule has 0 aliphatic heterocycles. The summed E-state index contributed by atoms with van der Waals surface area (Å²) in [6, 6.07) is 32.7. The molecular formula is C64H88Mo10N8O26-52. The van der Waals surface area contributed by atoms with Crippen LogP contribution in [-0.2, 0) is 353 Å². The summed E-state index contributed by atoms with van der Waals surface area (Å²) in [4.78, 5) is 31.4. The van der Waals surface area contributed by atoms with Crippen LogP contribution in [0.5, 0.6) is 0 Å². The summed E-state index contributed by atoms with van der Waals surface area (Å²) in [5.41, 5.74) is 10.8. The van der Waals surface area contributed by atoms with Gasteiger partial charge in [0.1, 0.15) is 0 Å². The van der Waals surface area contributed by atoms with Crippen molar-refractivity contribution in [1.29, 1.82) is 0 Å². The Hall–Kier alpha value is -0.957. The standard InChI is InChI=1S/8C8H11N.10Mo.26O/c8*1-7(2)8-3-5-9-6-4-8;;;;;;;;;;;;;;;;;;;;;;;;;;;;;;;;;;;;/h8*3-7H,1-2H3;;;;;;;;;;;;;;;;;;;;;;;;;;;;;;;;;;;;/q;;;;;;;;;;;;;;;;;;26*-2. The molecular weight excluding hydrogens is 2260 g/mol. The first-order valence-corrected chi connectivity index (χ1v) is 25.6. The van der Waals surface area contributed by atoms with Gasteiger partial charge < -0.3 is 142 Å². The summed E-state index contributed by atoms with van der Waals surface area (Å²) in [7, 11) is 0. The van der Waals surface area contributed by atoms with Crippen LogP contribution >= 0.6 is 0 Å². The Morgan fingerprint density at radius 2 is 0.167 bits per heavy atom. The van der Waals surface area contributed by atoms with Crippen molar-refractivity contribution in [1.82, 2.24) is 39.9 Å². The third-order valence-electron chi connectivity index (χ3n) is 11.0. The quantitative estimate of drug-likeness (QED) is 0.131. The third kappa shape index (κ3) is 126. The Bertz CT molecular complexity index is 1990. The molecule has 0 unspecified atom stereocenters. The number of rotatable bonds is 8. The fraction of sp³-hybridized carbons (Fsp3) is 0.375. The van der Waals surface area contributed by atoms with E-state index in [9.17, 15) is 0 Å². The first kappa shape index (κ1) is 238. The minimum atomic E-state index is 0. The summed E-state index contributed by atoms with van der Waals surface area (Å²) < 4.78 is 0. The number of nitrogens with zero attached hydrogens (tertiary/aromatic N) is 8. The molecule has 0 atom stereocenters. The molecule has 0 amide bonds. The predicted octanol–water partition coefficient (Wildman–Crippen LogP) is 14.5. The molecule has 0 bridgehead atoms. The molecule has 0 saturated heterocycles. The average molecular weight is 2340 g/mol. The zero-order chi connectivity index (χ0) is 53.5. The first-order chi connectivity index (χ1) is 34.4. The summed E-state index contributed by atoms with van der Waals surface area (Å²) in [5.74, 6) is 4.95. The van der Waals surface area contributed by atoms with Gasteiger partial charge in [-0.25, -0.2) is 0 Å². The molecule has 0 radical (unpaired) electrons. The number of hydrogen-bond acceptors (Lipinski definition) is 8. The topological polar surface area (TPSA) is 844 Å². The predicted molar refractivity (Wildman–Crippen MR) is 324 cm³/mol. The largest absolute Gasteiger partial charge is 2.00 e. The minimum absolute atomic E-state index is 0. The van der Waals surface area contributed by atoms with Crippen molar-refractivity contribution >= 4 is 0 Å². The van der Waals surface area contributed by atoms with Gasteiger partial charge in [0, 0.05) is 310 Å². The van der Waals surface area contributed by atoms with Crippen molar-refractivity contribution < 1.29 is 353 Å². The second-order valence-corrected chi connectivity index (χ2v) is 19.5. The van der Waals surface area contributed by atoms with Crippen molar-refractivity contribution in [3.05, 3.63) is 241 Å². The molecule has 0 saturated carbocycles. The molecule has 8 heterocycles. The zero-order valence-corrected chi connectivity index (χ0v) is 81.4. The van der Waals surface area contributed by atoms with E-state index in [0.717, 1.165) is 0 Å². The fourth-order valence-electron chi connectivity index (χ4n) is 5.99. The maximum atomic E-state index is 3.93. The summed E-state index contributed by atoms with van der Waals surface area (Å²) in [6.07, 6.45) is 29.3. The van der Waals surface area contributed by atoms with E-state index in [4.69, 9.17) is 0 Å². The van der Waals surface area contributed by atoms with E-state index in [0.29, 0.717) is 47.3 Å². The van der Waals surface area contributed by atoms with E-state index in [-0.39, 0.29) is 353 Å². The Morgan fingerprint density at radius 3 is 0.194 bits per heavy atom. The number of pyridine rings is 8. The van der Waals surface area contributed by atoms with Gasteiger partial charge in [0.25, 0.3) is 0 Å². The summed E-state index contributed by atoms with van der Waals surface area (Å²) in [5, 5.41) is 0. The summed E-state index contributed by atoms with van der Waals surface area (Å²) >= 11 is 0. The smallest absolute Gasteiger partial charge is 0.0270 e. The van der Waals surface area contributed by atoms with Crippen LogP contribution in [0, 0.1) is 0 Å². The van der Waals surface area contributed by atoms with E-state index in [1.807, 2.05) is 196 Å². The van der Waals surface area contributed by atoms with Crippen LogP contribution in [0.1, 0.15) is 203 Å². The average Bonchev–Trinajstić information content (AvgIpc) is 3.42. The van der Waals surface area contributed by atoms with E-state index < -0.39 is 0 Å². The maximum absolute atomic E-state index is 3.93. The second kappa shape index (κ2) is 154. The van der Waals surface area contributed by atoms with Crippen LogP contribution in [0.15, 0.2) is 196 Å². The van der Waals surface area contributed by atoms with Crippen LogP contribution in [0.4, 0.5) is 0 Å². The molecule has 108 heavy (non-hydrogen) atoms. The summed E-state index contributed by atoms with van der Waals surface area (Å²) in [6.45, 7) is 34.8. The maximum Gasteiger partial charge on any atom is 0.0270 e. The monoisotopic (exact) mass is 2360 g/mol. The molecule has 8 aromatic heterocycles. The van der Waals surface area contributed by atoms with E-state index in [1.54, 1.807) is 0 Å². The number of hydrogen-bond donors (Lipinski definition) is 0. The molecule has 0 aromatic carbocycles. The van der Waals surface area contributed by atoms with Crippen molar-refractivity contribution in [3.8, 4) is 0 Å². The molecule has 0 spiro atoms. The van der Waals surface area contributed by atoms with Crippen molar-refractivity contribution in [2.24, 2.45) is 0 Å². The zero-order valence-electron chi connectivity index (χ0n) is 61.4. The van der Waals surface area contributed by atoms with Crippen LogP contribution in [0.2, 0.25) is 0 Å². The molecule has 0 fully saturated rings. The van der Waals surface area contributed by atoms with Gasteiger partial charge in [-0.1, -0.05) is 111 Å². The van der Waals surface area contributed by atoms with Crippen LogP contribution < -0.4 is 0 Å². The minimum Gasteiger partial charge on any atom is -2.00 e. The fourth-order valence-corrected chi connectivity index (χ4v) is 5.99. The van der Waals surface area contributed by atoms with Gasteiger partial charge in [0.2, 0.25) is 0 Å². The van der Waals surface area contributed by atoms with Gasteiger partial charge in [-0.3, -0.25) is 39.9 Å². The van der Waals surface area contributed by atoms with Crippen molar-refractivity contribution in [2.45, 2.75) is 158 Å². The normalized spacial score (nSPS) is 6.74. The molecule has 0 aliphatic rings. The Morgan fingerprint density at radius 1 is 0.120 bits per heavy atom. The SMILES string of the molecule is CC(C)c1ccncc1.CC(C)c1ccncc1.CC(C)c1ccncc1.CC(C)c1ccncc1.CC(C)c1ccncc1.CC(C)c1ccncc1.CC(C)c1ccncc1.CC(C)c1ccncc1.[Mo].[Mo].[Mo].[Mo].[Mo].[Mo].[Mo].[Mo].[Mo].[Mo].[O-2].[O-2].[O-2].[O-2].[O-2].[O-2].[O-2].[O-2].[O-2].[O-2].[O-2].[O-2].[O-2].[O-2].[O-2].[O-2].[O-2].[O-2].[O-2].[O-2].[O-2].[O-2].[O-2].[O-2].[O-2].[O-2]. The van der Waals surface area contributed by atoms with E-state index in [1.165, 1.54) is 44.5 Å². The second-order valence-electron chi connectivity index (χ2n) is 19.5. The molecule has 652 valence electrons. The van der Waals surface area contributed by atoms with Gasteiger partial charge in [0.15, 0.2) is 0 Å². The van der Waals surface area contributed by atoms with Gasteiger partial charge in [0.05, 0.1) is 0 Å². The Labute approximate surface area is 783 Å². The third-order valence-corrected chi connectivity index (χ3v) is 11.0. The molecule has 8 aromatic rings. The Kier molecular flexibility index (Phi) is 341. The Balaban J connectivity index is -0.0000000154. The molecule has 0 aliphatic carbocycles. The molecule has 44 heteroatoms. The van der Waals surface area contributed by atoms with Gasteiger partial charge in [-0.15, -0.1) is 0 Å². The van der Waals surface area contributed by atoms with E-state index in [2.05, 4.69) is 151 Å². The molecule has 8 rings (SSSR count). The van der Waals surface area contributed by atoms with Crippen LogP contribution in [0.3, 0.4) is 0 Å². The van der Waals surface area contributed by atoms with Crippen molar-refractivity contribution in [3.63, 3.8) is 0 Å². The van der Waals surface area contributed by atoms with E-state index >= 15 is 0 Å². The van der Waals surface area contributed by atoms with Crippen LogP contribution in [-0.4, -0.2) is 39.9 Å². The van der Waals surface area contributed by atoms with Gasteiger partial charge >= 0.3 is 0 Å². The van der Waals surface area contributed by atoms with Crippen LogP contribution in [0.25, 0.3) is 0 Å². The molecule has 34 nitrogen and oxygen atoms in total. The van der Waals surface area contributed by atoms with Crippen molar-refractivity contribution in [2.75, 3.05) is 0 Å². The number of aromatic nitrogens is 8. The van der Waals surface area contributed by atoms with Gasteiger partial charge in [-0.2, -0.15) is 0 Å². The van der Waals surface area contributed by atoms with Gasteiger partial charge in [-0.05, 0) is 189 Å². The molecule has 0 N–H and O–H groups in total.